The molecule has 0 amide bonds. The van der Waals surface area contributed by atoms with Crippen LogP contribution in [0.3, 0.4) is 0 Å². The predicted octanol–water partition coefficient (Wildman–Crippen LogP) is 1.99. The van der Waals surface area contributed by atoms with E-state index in [1.165, 1.54) is 6.92 Å². The summed E-state index contributed by atoms with van der Waals surface area (Å²) in [6.07, 6.45) is 2.51. The van der Waals surface area contributed by atoms with E-state index >= 15 is 0 Å². The number of benzene rings is 1. The van der Waals surface area contributed by atoms with Gasteiger partial charge in [-0.2, -0.15) is 0 Å². The van der Waals surface area contributed by atoms with Crippen LogP contribution >= 0.6 is 0 Å². The number of aryl methyl sites for hydroxylation is 2. The van der Waals surface area contributed by atoms with Gasteiger partial charge in [-0.3, -0.25) is 14.9 Å². The van der Waals surface area contributed by atoms with Gasteiger partial charge in [0.1, 0.15) is 11.9 Å². The maximum atomic E-state index is 12.2. The van der Waals surface area contributed by atoms with Crippen molar-refractivity contribution in [3.63, 3.8) is 0 Å². The number of imidazole rings is 1. The van der Waals surface area contributed by atoms with E-state index in [-0.39, 0.29) is 11.6 Å². The summed E-state index contributed by atoms with van der Waals surface area (Å²) in [6.45, 7) is 4.90. The quantitative estimate of drug-likeness (QED) is 0.500. The van der Waals surface area contributed by atoms with Gasteiger partial charge in [-0.1, -0.05) is 6.07 Å². The van der Waals surface area contributed by atoms with Gasteiger partial charge in [0, 0.05) is 50.2 Å². The van der Waals surface area contributed by atoms with Crippen molar-refractivity contribution in [2.75, 3.05) is 13.2 Å². The zero-order valence-electron chi connectivity index (χ0n) is 19.1. The van der Waals surface area contributed by atoms with Crippen molar-refractivity contribution >= 4 is 17.0 Å². The summed E-state index contributed by atoms with van der Waals surface area (Å²) in [7, 11) is 1.74. The van der Waals surface area contributed by atoms with E-state index < -0.39 is 18.1 Å². The van der Waals surface area contributed by atoms with Gasteiger partial charge < -0.3 is 24.1 Å². The number of hydrogen-bond acceptors (Lipinski definition) is 6. The first-order chi connectivity index (χ1) is 15.8. The zero-order valence-corrected chi connectivity index (χ0v) is 19.1. The van der Waals surface area contributed by atoms with E-state index in [1.807, 2.05) is 30.5 Å². The predicted molar refractivity (Wildman–Crippen MR) is 124 cm³/mol. The number of carbonyl (C=O) groups is 1. The minimum Gasteiger partial charge on any atom is -0.480 e. The standard InChI is InChI=1S/C24H30N4O5/c1-14-10-17(13-27(3)23(14)30)22-26-19-5-4-16(12-25-21(15(2)29)24(31)32)11-20(19)28(22)18-6-8-33-9-7-18/h4-5,10-11,13,15,18,21,25,29H,6-9,12H2,1-3H3,(H,31,32). The number of nitrogens with one attached hydrogen (secondary N) is 1. The van der Waals surface area contributed by atoms with Crippen LogP contribution in [0, 0.1) is 6.92 Å². The van der Waals surface area contributed by atoms with Crippen molar-refractivity contribution in [3.8, 4) is 11.4 Å². The SMILES string of the molecule is Cc1cc(-c2nc3ccc(CNC(C(=O)O)C(C)O)cc3n2C2CCOCC2)cn(C)c1=O. The Kier molecular flexibility index (Phi) is 6.64. The first-order valence-corrected chi connectivity index (χ1v) is 11.2. The lowest BCUT2D eigenvalue weighted by Crippen LogP contribution is -2.44. The fourth-order valence-electron chi connectivity index (χ4n) is 4.46. The molecule has 3 heterocycles. The number of carboxylic acids is 1. The summed E-state index contributed by atoms with van der Waals surface area (Å²) < 4.78 is 9.38. The molecule has 0 saturated carbocycles. The minimum atomic E-state index is -1.09. The molecule has 1 aliphatic heterocycles. The molecule has 2 unspecified atom stereocenters. The van der Waals surface area contributed by atoms with E-state index in [4.69, 9.17) is 9.72 Å². The second-order valence-corrected chi connectivity index (χ2v) is 8.74. The molecule has 1 aliphatic rings. The van der Waals surface area contributed by atoms with Crippen LogP contribution in [0.5, 0.6) is 0 Å². The van der Waals surface area contributed by atoms with E-state index in [9.17, 15) is 19.8 Å². The molecule has 3 aromatic rings. The van der Waals surface area contributed by atoms with E-state index in [1.54, 1.807) is 18.5 Å². The molecule has 9 nitrogen and oxygen atoms in total. The molecule has 9 heteroatoms. The van der Waals surface area contributed by atoms with Gasteiger partial charge in [0.25, 0.3) is 5.56 Å². The number of pyridine rings is 1. The second-order valence-electron chi connectivity index (χ2n) is 8.74. The molecule has 1 saturated heterocycles. The van der Waals surface area contributed by atoms with Gasteiger partial charge in [0.05, 0.1) is 17.1 Å². The number of aliphatic carboxylic acids is 1. The normalized spacial score (nSPS) is 16.7. The first-order valence-electron chi connectivity index (χ1n) is 11.2. The lowest BCUT2D eigenvalue weighted by Gasteiger charge is -2.26. The third kappa shape index (κ3) is 4.71. The van der Waals surface area contributed by atoms with Crippen molar-refractivity contribution in [3.05, 3.63) is 51.9 Å². The third-order valence-electron chi connectivity index (χ3n) is 6.21. The van der Waals surface area contributed by atoms with Gasteiger partial charge in [-0.15, -0.1) is 0 Å². The molecule has 176 valence electrons. The van der Waals surface area contributed by atoms with Gasteiger partial charge in [-0.05, 0) is 50.5 Å². The molecule has 0 aliphatic carbocycles. The maximum Gasteiger partial charge on any atom is 0.323 e. The molecule has 1 aromatic carbocycles. The number of ether oxygens (including phenoxy) is 1. The first kappa shape index (κ1) is 23.2. The van der Waals surface area contributed by atoms with Crippen LogP contribution in [0.25, 0.3) is 22.4 Å². The third-order valence-corrected chi connectivity index (χ3v) is 6.21. The summed E-state index contributed by atoms with van der Waals surface area (Å²) in [6, 6.07) is 6.88. The van der Waals surface area contributed by atoms with Crippen molar-refractivity contribution in [1.29, 1.82) is 0 Å². The molecule has 33 heavy (non-hydrogen) atoms. The molecule has 1 fully saturated rings. The molecule has 4 rings (SSSR count). The van der Waals surface area contributed by atoms with Crippen LogP contribution in [0.1, 0.15) is 36.9 Å². The molecule has 2 aromatic heterocycles. The van der Waals surface area contributed by atoms with E-state index in [0.717, 1.165) is 40.8 Å². The van der Waals surface area contributed by atoms with Gasteiger partial charge >= 0.3 is 5.97 Å². The van der Waals surface area contributed by atoms with Crippen LogP contribution in [-0.4, -0.2) is 55.7 Å². The van der Waals surface area contributed by atoms with Crippen LogP contribution in [0.2, 0.25) is 0 Å². The number of aromatic nitrogens is 3. The van der Waals surface area contributed by atoms with Crippen molar-refractivity contribution in [2.45, 2.75) is 51.4 Å². The Labute approximate surface area is 191 Å². The van der Waals surface area contributed by atoms with E-state index in [2.05, 4.69) is 9.88 Å². The smallest absolute Gasteiger partial charge is 0.323 e. The average Bonchev–Trinajstić information content (AvgIpc) is 3.16. The summed E-state index contributed by atoms with van der Waals surface area (Å²) in [5.41, 5.74) is 4.17. The molecule has 3 N–H and O–H groups in total. The topological polar surface area (TPSA) is 119 Å². The summed E-state index contributed by atoms with van der Waals surface area (Å²) in [5, 5.41) is 22.0. The molecule has 0 radical (unpaired) electrons. The number of fused-ring (bicyclic) bond motifs is 1. The lowest BCUT2D eigenvalue weighted by atomic mass is 10.1. The highest BCUT2D eigenvalue weighted by molar-refractivity contribution is 5.81. The van der Waals surface area contributed by atoms with E-state index in [0.29, 0.717) is 25.3 Å². The van der Waals surface area contributed by atoms with Crippen LogP contribution in [0.15, 0.2) is 35.3 Å². The molecule has 0 spiro atoms. The van der Waals surface area contributed by atoms with Crippen LogP contribution < -0.4 is 10.9 Å². The van der Waals surface area contributed by atoms with Crippen LogP contribution in [0.4, 0.5) is 0 Å². The monoisotopic (exact) mass is 454 g/mol. The number of carboxylic acid groups (broad SMARTS) is 1. The van der Waals surface area contributed by atoms with Crippen molar-refractivity contribution in [2.24, 2.45) is 7.05 Å². The van der Waals surface area contributed by atoms with Gasteiger partial charge in [-0.25, -0.2) is 4.98 Å². The Hall–Kier alpha value is -3.01. The highest BCUT2D eigenvalue weighted by atomic mass is 16.5. The fraction of sp³-hybridized carbons (Fsp3) is 0.458. The zero-order chi connectivity index (χ0) is 23.7. The summed E-state index contributed by atoms with van der Waals surface area (Å²) in [5.74, 6) is -0.293. The number of aliphatic hydroxyl groups excluding tert-OH is 1. The number of hydrogen-bond donors (Lipinski definition) is 3. The maximum absolute atomic E-state index is 12.2. The van der Waals surface area contributed by atoms with Crippen molar-refractivity contribution < 1.29 is 19.7 Å². The Morgan fingerprint density at radius 1 is 1.30 bits per heavy atom. The number of rotatable bonds is 7. The summed E-state index contributed by atoms with van der Waals surface area (Å²) >= 11 is 0. The Bertz CT molecular complexity index is 1200. The Balaban J connectivity index is 1.79. The highest BCUT2D eigenvalue weighted by Crippen LogP contribution is 2.33. The Morgan fingerprint density at radius 3 is 2.67 bits per heavy atom. The minimum absolute atomic E-state index is 0.0352. The van der Waals surface area contributed by atoms with Gasteiger partial charge in [0.2, 0.25) is 0 Å². The molecular weight excluding hydrogens is 424 g/mol. The Morgan fingerprint density at radius 2 is 2.03 bits per heavy atom. The number of aliphatic hydroxyl groups is 1. The highest BCUT2D eigenvalue weighted by Gasteiger charge is 2.25. The largest absolute Gasteiger partial charge is 0.480 e. The van der Waals surface area contributed by atoms with Crippen molar-refractivity contribution in [1.82, 2.24) is 19.4 Å². The second kappa shape index (κ2) is 9.46. The number of nitrogens with zero attached hydrogens (tertiary/aromatic N) is 3. The molecular formula is C24H30N4O5. The summed E-state index contributed by atoms with van der Waals surface area (Å²) in [4.78, 5) is 28.5. The van der Waals surface area contributed by atoms with Crippen LogP contribution in [-0.2, 0) is 23.1 Å². The fourth-order valence-corrected chi connectivity index (χ4v) is 4.46. The molecule has 2 atom stereocenters. The molecule has 0 bridgehead atoms. The van der Waals surface area contributed by atoms with Gasteiger partial charge in [0.15, 0.2) is 0 Å². The average molecular weight is 455 g/mol. The lowest BCUT2D eigenvalue weighted by molar-refractivity contribution is -0.142.